The number of aromatic nitrogens is 1. The van der Waals surface area contributed by atoms with Gasteiger partial charge in [0.1, 0.15) is 13.2 Å². The number of carbonyl (C=O) groups is 1. The molecule has 0 saturated heterocycles. The molecule has 8 nitrogen and oxygen atoms in total. The van der Waals surface area contributed by atoms with Crippen molar-refractivity contribution in [2.75, 3.05) is 20.0 Å². The van der Waals surface area contributed by atoms with Crippen LogP contribution in [0.15, 0.2) is 47.0 Å². The Hall–Kier alpha value is -3.68. The van der Waals surface area contributed by atoms with Crippen molar-refractivity contribution in [3.63, 3.8) is 0 Å². The third-order valence-corrected chi connectivity index (χ3v) is 4.46. The highest BCUT2D eigenvalue weighted by Crippen LogP contribution is 2.35. The predicted molar refractivity (Wildman–Crippen MR) is 96.7 cm³/mol. The maximum Gasteiger partial charge on any atom is 0.273 e. The fraction of sp³-hybridized carbons (Fsp3) is 0.200. The predicted octanol–water partition coefficient (Wildman–Crippen LogP) is 2.77. The summed E-state index contributed by atoms with van der Waals surface area (Å²) in [5.41, 5.74) is 1.85. The second-order valence-electron chi connectivity index (χ2n) is 6.31. The molecule has 1 amide bonds. The zero-order valence-electron chi connectivity index (χ0n) is 14.8. The molecule has 0 unspecified atom stereocenters. The van der Waals surface area contributed by atoms with Crippen LogP contribution >= 0.6 is 0 Å². The van der Waals surface area contributed by atoms with Crippen molar-refractivity contribution in [1.29, 1.82) is 0 Å². The summed E-state index contributed by atoms with van der Waals surface area (Å²) in [5.74, 6) is 2.87. The van der Waals surface area contributed by atoms with Crippen LogP contribution in [0.3, 0.4) is 0 Å². The zero-order chi connectivity index (χ0) is 18.9. The number of fused-ring (bicyclic) bond motifs is 2. The van der Waals surface area contributed by atoms with Gasteiger partial charge in [-0.3, -0.25) is 4.79 Å². The van der Waals surface area contributed by atoms with Crippen molar-refractivity contribution in [3.8, 4) is 34.3 Å². The van der Waals surface area contributed by atoms with E-state index < -0.39 is 0 Å². The lowest BCUT2D eigenvalue weighted by Gasteiger charge is -2.18. The molecule has 3 heterocycles. The van der Waals surface area contributed by atoms with Gasteiger partial charge in [0, 0.05) is 18.2 Å². The molecule has 5 rings (SSSR count). The molecular weight excluding hydrogens is 364 g/mol. The maximum absolute atomic E-state index is 12.4. The standard InChI is InChI=1S/C20H16N2O6/c23-20(21-10-12-1-3-16-18(7-12)27-11-26-16)14-9-17(28-22-14)13-2-4-15-19(8-13)25-6-5-24-15/h1-4,7-9H,5-6,10-11H2,(H,21,23). The second-order valence-corrected chi connectivity index (χ2v) is 6.31. The van der Waals surface area contributed by atoms with Gasteiger partial charge in [0.25, 0.3) is 5.91 Å². The average molecular weight is 380 g/mol. The smallest absolute Gasteiger partial charge is 0.273 e. The number of carbonyl (C=O) groups excluding carboxylic acids is 1. The number of amides is 1. The van der Waals surface area contributed by atoms with Crippen LogP contribution in [0.5, 0.6) is 23.0 Å². The molecule has 2 aliphatic heterocycles. The van der Waals surface area contributed by atoms with Gasteiger partial charge in [-0.15, -0.1) is 0 Å². The summed E-state index contributed by atoms with van der Waals surface area (Å²) in [6.45, 7) is 1.58. The summed E-state index contributed by atoms with van der Waals surface area (Å²) in [7, 11) is 0. The normalized spacial score (nSPS) is 14.0. The number of hydrogen-bond donors (Lipinski definition) is 1. The van der Waals surface area contributed by atoms with Crippen molar-refractivity contribution in [2.24, 2.45) is 0 Å². The van der Waals surface area contributed by atoms with Crippen LogP contribution in [0.1, 0.15) is 16.1 Å². The van der Waals surface area contributed by atoms with Gasteiger partial charge in [-0.2, -0.15) is 0 Å². The monoisotopic (exact) mass is 380 g/mol. The molecule has 3 aromatic rings. The quantitative estimate of drug-likeness (QED) is 0.744. The van der Waals surface area contributed by atoms with Crippen LogP contribution in [0.4, 0.5) is 0 Å². The highest BCUT2D eigenvalue weighted by molar-refractivity contribution is 5.93. The Bertz CT molecular complexity index is 1040. The van der Waals surface area contributed by atoms with Gasteiger partial charge in [0.15, 0.2) is 34.5 Å². The van der Waals surface area contributed by atoms with Gasteiger partial charge in [-0.25, -0.2) is 0 Å². The number of hydrogen-bond acceptors (Lipinski definition) is 7. The highest BCUT2D eigenvalue weighted by Gasteiger charge is 2.18. The first-order chi connectivity index (χ1) is 13.8. The summed E-state index contributed by atoms with van der Waals surface area (Å²) < 4.78 is 27.0. The van der Waals surface area contributed by atoms with Gasteiger partial charge in [-0.1, -0.05) is 11.2 Å². The molecule has 1 N–H and O–H groups in total. The molecular formula is C20H16N2O6. The van der Waals surface area contributed by atoms with Crippen LogP contribution in [0.2, 0.25) is 0 Å². The first kappa shape index (κ1) is 16.5. The molecule has 2 aliphatic rings. The van der Waals surface area contributed by atoms with E-state index >= 15 is 0 Å². The molecule has 0 saturated carbocycles. The summed E-state index contributed by atoms with van der Waals surface area (Å²) in [6, 6.07) is 12.6. The third kappa shape index (κ3) is 3.09. The molecule has 0 bridgehead atoms. The lowest BCUT2D eigenvalue weighted by molar-refractivity contribution is 0.0942. The Labute approximate surface area is 159 Å². The minimum atomic E-state index is -0.329. The topological polar surface area (TPSA) is 92.1 Å². The van der Waals surface area contributed by atoms with E-state index in [1.54, 1.807) is 6.07 Å². The van der Waals surface area contributed by atoms with Crippen molar-refractivity contribution >= 4 is 5.91 Å². The van der Waals surface area contributed by atoms with Crippen molar-refractivity contribution in [3.05, 3.63) is 53.7 Å². The van der Waals surface area contributed by atoms with E-state index in [1.807, 2.05) is 36.4 Å². The van der Waals surface area contributed by atoms with Crippen LogP contribution in [-0.2, 0) is 6.54 Å². The molecule has 0 radical (unpaired) electrons. The fourth-order valence-electron chi connectivity index (χ4n) is 3.04. The largest absolute Gasteiger partial charge is 0.486 e. The minimum absolute atomic E-state index is 0.200. The SMILES string of the molecule is O=C(NCc1ccc2c(c1)OCO2)c1cc(-c2ccc3c(c2)OCCO3)on1. The maximum atomic E-state index is 12.4. The highest BCUT2D eigenvalue weighted by atomic mass is 16.7. The van der Waals surface area contributed by atoms with Gasteiger partial charge < -0.3 is 28.8 Å². The molecule has 1 aromatic heterocycles. The van der Waals surface area contributed by atoms with E-state index in [1.165, 1.54) is 0 Å². The lowest BCUT2D eigenvalue weighted by atomic mass is 10.1. The zero-order valence-corrected chi connectivity index (χ0v) is 14.8. The third-order valence-electron chi connectivity index (χ3n) is 4.46. The second kappa shape index (κ2) is 6.80. The number of nitrogens with zero attached hydrogens (tertiary/aromatic N) is 1. The molecule has 142 valence electrons. The van der Waals surface area contributed by atoms with Crippen LogP contribution in [0.25, 0.3) is 11.3 Å². The molecule has 0 fully saturated rings. The van der Waals surface area contributed by atoms with Gasteiger partial charge >= 0.3 is 0 Å². The van der Waals surface area contributed by atoms with Gasteiger partial charge in [-0.05, 0) is 35.9 Å². The van der Waals surface area contributed by atoms with Crippen molar-refractivity contribution in [2.45, 2.75) is 6.54 Å². The average Bonchev–Trinajstić information content (AvgIpc) is 3.41. The van der Waals surface area contributed by atoms with Gasteiger partial charge in [0.05, 0.1) is 0 Å². The van der Waals surface area contributed by atoms with Gasteiger partial charge in [0.2, 0.25) is 6.79 Å². The summed E-state index contributed by atoms with van der Waals surface area (Å²) in [6.07, 6.45) is 0. The van der Waals surface area contributed by atoms with Crippen molar-refractivity contribution in [1.82, 2.24) is 10.5 Å². The van der Waals surface area contributed by atoms with Crippen LogP contribution in [0, 0.1) is 0 Å². The summed E-state index contributed by atoms with van der Waals surface area (Å²) in [5, 5.41) is 6.69. The van der Waals surface area contributed by atoms with E-state index in [9.17, 15) is 4.79 Å². The number of ether oxygens (including phenoxy) is 4. The first-order valence-corrected chi connectivity index (χ1v) is 8.80. The summed E-state index contributed by atoms with van der Waals surface area (Å²) in [4.78, 5) is 12.4. The van der Waals surface area contributed by atoms with E-state index in [-0.39, 0.29) is 18.4 Å². The molecule has 28 heavy (non-hydrogen) atoms. The Balaban J connectivity index is 1.27. The Morgan fingerprint density at radius 3 is 2.57 bits per heavy atom. The molecule has 0 aliphatic carbocycles. The summed E-state index contributed by atoms with van der Waals surface area (Å²) >= 11 is 0. The number of rotatable bonds is 4. The van der Waals surface area contributed by atoms with E-state index in [2.05, 4.69) is 10.5 Å². The van der Waals surface area contributed by atoms with Crippen LogP contribution in [-0.4, -0.2) is 31.1 Å². The van der Waals surface area contributed by atoms with E-state index in [0.717, 1.165) is 11.1 Å². The van der Waals surface area contributed by atoms with Crippen LogP contribution < -0.4 is 24.3 Å². The lowest BCUT2D eigenvalue weighted by Crippen LogP contribution is -2.22. The molecule has 2 aromatic carbocycles. The Morgan fingerprint density at radius 2 is 1.64 bits per heavy atom. The first-order valence-electron chi connectivity index (χ1n) is 8.80. The number of benzene rings is 2. The molecule has 8 heteroatoms. The fourth-order valence-corrected chi connectivity index (χ4v) is 3.04. The Morgan fingerprint density at radius 1 is 0.893 bits per heavy atom. The molecule has 0 atom stereocenters. The van der Waals surface area contributed by atoms with E-state index in [0.29, 0.717) is 48.5 Å². The van der Waals surface area contributed by atoms with Crippen molar-refractivity contribution < 1.29 is 28.3 Å². The molecule has 0 spiro atoms. The Kier molecular flexibility index (Phi) is 4.01. The minimum Gasteiger partial charge on any atom is -0.486 e. The van der Waals surface area contributed by atoms with E-state index in [4.69, 9.17) is 23.5 Å². The number of nitrogens with one attached hydrogen (secondary N) is 1.